The van der Waals surface area contributed by atoms with Crippen molar-refractivity contribution in [2.45, 2.75) is 50.3 Å². The molecular formula is C18H26N2O. The van der Waals surface area contributed by atoms with E-state index in [4.69, 9.17) is 0 Å². The molecule has 2 saturated heterocycles. The molecule has 0 radical (unpaired) electrons. The predicted octanol–water partition coefficient (Wildman–Crippen LogP) is 2.20. The molecule has 3 unspecified atom stereocenters. The van der Waals surface area contributed by atoms with Gasteiger partial charge < -0.3 is 5.11 Å². The summed E-state index contributed by atoms with van der Waals surface area (Å²) in [4.78, 5) is 5.23. The third-order valence-electron chi connectivity index (χ3n) is 5.77. The molecule has 2 heterocycles. The molecule has 21 heavy (non-hydrogen) atoms. The number of aliphatic hydroxyl groups is 1. The van der Waals surface area contributed by atoms with E-state index in [9.17, 15) is 5.11 Å². The van der Waals surface area contributed by atoms with Crippen LogP contribution in [0.4, 0.5) is 0 Å². The molecule has 3 heteroatoms. The van der Waals surface area contributed by atoms with Gasteiger partial charge in [-0.1, -0.05) is 24.3 Å². The molecule has 0 spiro atoms. The molecule has 0 saturated carbocycles. The van der Waals surface area contributed by atoms with Gasteiger partial charge in [0.25, 0.3) is 0 Å². The van der Waals surface area contributed by atoms with Crippen molar-refractivity contribution in [3.8, 4) is 0 Å². The van der Waals surface area contributed by atoms with Gasteiger partial charge in [0.1, 0.15) is 0 Å². The molecule has 0 bridgehead atoms. The van der Waals surface area contributed by atoms with Crippen LogP contribution in [0.15, 0.2) is 24.3 Å². The molecule has 1 aliphatic carbocycles. The van der Waals surface area contributed by atoms with Crippen LogP contribution in [0.5, 0.6) is 0 Å². The number of benzene rings is 1. The fraction of sp³-hybridized carbons (Fsp3) is 0.667. The Morgan fingerprint density at radius 1 is 0.952 bits per heavy atom. The number of nitrogens with zero attached hydrogens (tertiary/aromatic N) is 2. The summed E-state index contributed by atoms with van der Waals surface area (Å²) in [6.07, 6.45) is 5.94. The first-order valence-electron chi connectivity index (χ1n) is 8.57. The minimum Gasteiger partial charge on any atom is -0.387 e. The Kier molecular flexibility index (Phi) is 3.74. The Morgan fingerprint density at radius 2 is 1.76 bits per heavy atom. The van der Waals surface area contributed by atoms with Gasteiger partial charge in [0.2, 0.25) is 0 Å². The van der Waals surface area contributed by atoms with Crippen molar-refractivity contribution < 1.29 is 5.11 Å². The molecule has 3 aliphatic rings. The van der Waals surface area contributed by atoms with Crippen molar-refractivity contribution in [1.82, 2.24) is 9.80 Å². The summed E-state index contributed by atoms with van der Waals surface area (Å²) in [6.45, 7) is 4.89. The first-order valence-corrected chi connectivity index (χ1v) is 8.57. The molecule has 1 aromatic rings. The SMILES string of the molecule is OC1c2ccccc2CCC1N1CCC(N2CCCC2)C1. The summed E-state index contributed by atoms with van der Waals surface area (Å²) in [5, 5.41) is 10.8. The highest BCUT2D eigenvalue weighted by atomic mass is 16.3. The quantitative estimate of drug-likeness (QED) is 0.903. The van der Waals surface area contributed by atoms with Gasteiger partial charge in [-0.25, -0.2) is 0 Å². The van der Waals surface area contributed by atoms with Crippen LogP contribution in [0.2, 0.25) is 0 Å². The lowest BCUT2D eigenvalue weighted by molar-refractivity contribution is 0.0449. The summed E-state index contributed by atoms with van der Waals surface area (Å²) >= 11 is 0. The minimum absolute atomic E-state index is 0.299. The zero-order chi connectivity index (χ0) is 14.2. The summed E-state index contributed by atoms with van der Waals surface area (Å²) in [7, 11) is 0. The Hall–Kier alpha value is -0.900. The van der Waals surface area contributed by atoms with E-state index in [-0.39, 0.29) is 6.10 Å². The van der Waals surface area contributed by atoms with E-state index in [0.717, 1.165) is 32.0 Å². The van der Waals surface area contributed by atoms with Gasteiger partial charge in [0, 0.05) is 25.2 Å². The lowest BCUT2D eigenvalue weighted by atomic mass is 9.85. The number of hydrogen-bond donors (Lipinski definition) is 1. The minimum atomic E-state index is -0.299. The van der Waals surface area contributed by atoms with E-state index >= 15 is 0 Å². The van der Waals surface area contributed by atoms with E-state index in [2.05, 4.69) is 34.1 Å². The first-order chi connectivity index (χ1) is 10.3. The normalized spacial score (nSPS) is 34.2. The summed E-state index contributed by atoms with van der Waals surface area (Å²) in [5.41, 5.74) is 2.51. The van der Waals surface area contributed by atoms with E-state index in [0.29, 0.717) is 6.04 Å². The Balaban J connectivity index is 1.46. The van der Waals surface area contributed by atoms with Gasteiger partial charge in [-0.2, -0.15) is 0 Å². The van der Waals surface area contributed by atoms with Crippen LogP contribution in [-0.4, -0.2) is 53.2 Å². The van der Waals surface area contributed by atoms with E-state index in [1.165, 1.54) is 43.5 Å². The van der Waals surface area contributed by atoms with Crippen LogP contribution < -0.4 is 0 Å². The second-order valence-electron chi connectivity index (χ2n) is 6.93. The molecule has 4 rings (SSSR count). The van der Waals surface area contributed by atoms with Crippen LogP contribution in [0.1, 0.15) is 42.9 Å². The van der Waals surface area contributed by atoms with Crippen molar-refractivity contribution in [2.75, 3.05) is 26.2 Å². The smallest absolute Gasteiger partial charge is 0.0947 e. The van der Waals surface area contributed by atoms with Crippen molar-refractivity contribution in [2.24, 2.45) is 0 Å². The largest absolute Gasteiger partial charge is 0.387 e. The zero-order valence-electron chi connectivity index (χ0n) is 12.7. The Morgan fingerprint density at radius 3 is 2.62 bits per heavy atom. The van der Waals surface area contributed by atoms with Crippen LogP contribution in [0.3, 0.4) is 0 Å². The number of likely N-dealkylation sites (tertiary alicyclic amines) is 2. The molecule has 3 nitrogen and oxygen atoms in total. The van der Waals surface area contributed by atoms with E-state index in [1.807, 2.05) is 0 Å². The molecular weight excluding hydrogens is 260 g/mol. The number of fused-ring (bicyclic) bond motifs is 1. The molecule has 3 atom stereocenters. The second kappa shape index (κ2) is 5.71. The standard InChI is InChI=1S/C18H26N2O/c21-18-16-6-2-1-5-14(16)7-8-17(18)20-12-9-15(13-20)19-10-3-4-11-19/h1-2,5-6,15,17-18,21H,3-4,7-13H2. The molecule has 0 amide bonds. The number of aryl methyl sites for hydroxylation is 1. The van der Waals surface area contributed by atoms with Crippen molar-refractivity contribution in [3.63, 3.8) is 0 Å². The van der Waals surface area contributed by atoms with Gasteiger partial charge in [-0.05, 0) is 56.3 Å². The maximum absolute atomic E-state index is 10.8. The lowest BCUT2D eigenvalue weighted by Gasteiger charge is -2.37. The molecule has 114 valence electrons. The highest BCUT2D eigenvalue weighted by Crippen LogP contribution is 2.35. The Bertz CT molecular complexity index is 498. The van der Waals surface area contributed by atoms with Crippen LogP contribution >= 0.6 is 0 Å². The number of aliphatic hydroxyl groups excluding tert-OH is 1. The van der Waals surface area contributed by atoms with Gasteiger partial charge in [0.05, 0.1) is 6.10 Å². The Labute approximate surface area is 127 Å². The molecule has 2 fully saturated rings. The maximum Gasteiger partial charge on any atom is 0.0947 e. The van der Waals surface area contributed by atoms with Gasteiger partial charge in [0.15, 0.2) is 0 Å². The van der Waals surface area contributed by atoms with Crippen molar-refractivity contribution in [3.05, 3.63) is 35.4 Å². The summed E-state index contributed by atoms with van der Waals surface area (Å²) < 4.78 is 0. The maximum atomic E-state index is 10.8. The highest BCUT2D eigenvalue weighted by molar-refractivity contribution is 5.32. The fourth-order valence-electron chi connectivity index (χ4n) is 4.58. The average Bonchev–Trinajstić information content (AvgIpc) is 3.19. The van der Waals surface area contributed by atoms with E-state index < -0.39 is 0 Å². The third kappa shape index (κ3) is 2.52. The second-order valence-corrected chi connectivity index (χ2v) is 6.93. The highest BCUT2D eigenvalue weighted by Gasteiger charge is 2.37. The molecule has 2 aliphatic heterocycles. The van der Waals surface area contributed by atoms with Gasteiger partial charge >= 0.3 is 0 Å². The fourth-order valence-corrected chi connectivity index (χ4v) is 4.58. The van der Waals surface area contributed by atoms with Crippen molar-refractivity contribution >= 4 is 0 Å². The molecule has 1 aromatic carbocycles. The van der Waals surface area contributed by atoms with E-state index in [1.54, 1.807) is 0 Å². The topological polar surface area (TPSA) is 26.7 Å². The molecule has 0 aromatic heterocycles. The lowest BCUT2D eigenvalue weighted by Crippen LogP contribution is -2.43. The third-order valence-corrected chi connectivity index (χ3v) is 5.77. The van der Waals surface area contributed by atoms with Crippen LogP contribution in [-0.2, 0) is 6.42 Å². The first kappa shape index (κ1) is 13.7. The van der Waals surface area contributed by atoms with Gasteiger partial charge in [-0.15, -0.1) is 0 Å². The monoisotopic (exact) mass is 286 g/mol. The molecule has 1 N–H and O–H groups in total. The number of hydrogen-bond acceptors (Lipinski definition) is 3. The van der Waals surface area contributed by atoms with Crippen molar-refractivity contribution in [1.29, 1.82) is 0 Å². The van der Waals surface area contributed by atoms with Crippen LogP contribution in [0.25, 0.3) is 0 Å². The number of rotatable bonds is 2. The zero-order valence-corrected chi connectivity index (χ0v) is 12.7. The van der Waals surface area contributed by atoms with Gasteiger partial charge in [-0.3, -0.25) is 9.80 Å². The predicted molar refractivity (Wildman–Crippen MR) is 84.3 cm³/mol. The van der Waals surface area contributed by atoms with Crippen LogP contribution in [0, 0.1) is 0 Å². The summed E-state index contributed by atoms with van der Waals surface area (Å²) in [6, 6.07) is 9.49. The summed E-state index contributed by atoms with van der Waals surface area (Å²) in [5.74, 6) is 0. The average molecular weight is 286 g/mol.